The highest BCUT2D eigenvalue weighted by atomic mass is 35.5. The largest absolute Gasteiger partial charge is 0.323 e. The van der Waals surface area contributed by atoms with E-state index in [1.807, 2.05) is 13.8 Å². The Morgan fingerprint density at radius 2 is 1.85 bits per heavy atom. The highest BCUT2D eigenvalue weighted by Crippen LogP contribution is 2.24. The molecule has 5 nitrogen and oxygen atoms in total. The van der Waals surface area contributed by atoms with Crippen LogP contribution >= 0.6 is 11.6 Å². The minimum atomic E-state index is -0.392. The lowest BCUT2D eigenvalue weighted by Gasteiger charge is -2.11. The second-order valence-electron chi connectivity index (χ2n) is 6.29. The van der Waals surface area contributed by atoms with Gasteiger partial charge in [0.05, 0.1) is 23.6 Å². The molecule has 1 aromatic heterocycles. The lowest BCUT2D eigenvalue weighted by atomic mass is 10.2. The molecule has 1 heterocycles. The van der Waals surface area contributed by atoms with Crippen molar-refractivity contribution in [3.63, 3.8) is 0 Å². The summed E-state index contributed by atoms with van der Waals surface area (Å²) in [6.45, 7) is 5.75. The molecular weight excluding hydrogens is 367 g/mol. The first-order valence-electron chi connectivity index (χ1n) is 8.47. The highest BCUT2D eigenvalue weighted by Gasteiger charge is 2.16. The Bertz CT molecular complexity index is 1000. The Hall–Kier alpha value is -2.86. The van der Waals surface area contributed by atoms with Crippen LogP contribution in [0.1, 0.15) is 22.5 Å². The maximum Gasteiger partial charge on any atom is 0.323 e. The molecule has 3 aromatic rings. The van der Waals surface area contributed by atoms with E-state index >= 15 is 0 Å². The maximum atomic E-state index is 13.9. The number of halogens is 2. The van der Waals surface area contributed by atoms with Gasteiger partial charge in [0, 0.05) is 16.3 Å². The summed E-state index contributed by atoms with van der Waals surface area (Å²) >= 11 is 6.09. The summed E-state index contributed by atoms with van der Waals surface area (Å²) < 4.78 is 15.6. The zero-order chi connectivity index (χ0) is 19.6. The molecule has 0 unspecified atom stereocenters. The van der Waals surface area contributed by atoms with E-state index in [4.69, 9.17) is 11.6 Å². The van der Waals surface area contributed by atoms with Crippen molar-refractivity contribution in [2.75, 3.05) is 10.6 Å². The average molecular weight is 387 g/mol. The van der Waals surface area contributed by atoms with E-state index < -0.39 is 6.03 Å². The second kappa shape index (κ2) is 7.80. The fourth-order valence-electron chi connectivity index (χ4n) is 2.83. The van der Waals surface area contributed by atoms with Gasteiger partial charge < -0.3 is 10.6 Å². The van der Waals surface area contributed by atoms with Crippen LogP contribution in [0.25, 0.3) is 0 Å². The number of hydrogen-bond donors (Lipinski definition) is 2. The van der Waals surface area contributed by atoms with Crippen molar-refractivity contribution >= 4 is 29.0 Å². The van der Waals surface area contributed by atoms with Crippen LogP contribution in [0.15, 0.2) is 42.5 Å². The second-order valence-corrected chi connectivity index (χ2v) is 6.69. The van der Waals surface area contributed by atoms with E-state index in [-0.39, 0.29) is 12.4 Å². The first-order chi connectivity index (χ1) is 12.9. The predicted molar refractivity (Wildman–Crippen MR) is 106 cm³/mol. The number of aromatic nitrogens is 2. The Morgan fingerprint density at radius 1 is 1.11 bits per heavy atom. The summed E-state index contributed by atoms with van der Waals surface area (Å²) in [5, 5.41) is 10.6. The predicted octanol–water partition coefficient (Wildman–Crippen LogP) is 5.29. The van der Waals surface area contributed by atoms with Crippen molar-refractivity contribution in [2.45, 2.75) is 27.3 Å². The van der Waals surface area contributed by atoms with Crippen LogP contribution in [0.5, 0.6) is 0 Å². The average Bonchev–Trinajstić information content (AvgIpc) is 2.88. The number of amides is 2. The number of carbonyl (C=O) groups excluding carboxylic acids is 1. The fraction of sp³-hybridized carbons (Fsp3) is 0.200. The lowest BCUT2D eigenvalue weighted by molar-refractivity contribution is 0.262. The molecule has 140 valence electrons. The van der Waals surface area contributed by atoms with Gasteiger partial charge in [0.25, 0.3) is 0 Å². The van der Waals surface area contributed by atoms with Crippen LogP contribution < -0.4 is 10.6 Å². The number of aryl methyl sites for hydroxylation is 1. The molecular formula is C20H20ClFN4O. The number of benzene rings is 2. The number of anilines is 2. The Balaban J connectivity index is 1.77. The van der Waals surface area contributed by atoms with Gasteiger partial charge in [-0.05, 0) is 44.5 Å². The molecule has 0 saturated carbocycles. The standard InChI is InChI=1S/C20H20ClFN4O/c1-12-16(21)8-6-10-18(12)23-20(27)24-19-13(2)25-26(14(19)3)11-15-7-4-5-9-17(15)22/h4-10H,11H2,1-3H3,(H2,23,24,27). The number of urea groups is 1. The molecule has 2 aromatic carbocycles. The van der Waals surface area contributed by atoms with Crippen molar-refractivity contribution in [3.8, 4) is 0 Å². The van der Waals surface area contributed by atoms with Crippen molar-refractivity contribution in [1.29, 1.82) is 0 Å². The van der Waals surface area contributed by atoms with Crippen LogP contribution in [0.2, 0.25) is 5.02 Å². The molecule has 0 aliphatic heterocycles. The molecule has 0 atom stereocenters. The quantitative estimate of drug-likeness (QED) is 0.639. The van der Waals surface area contributed by atoms with E-state index in [0.29, 0.717) is 27.7 Å². The van der Waals surface area contributed by atoms with Crippen LogP contribution in [-0.4, -0.2) is 15.8 Å². The van der Waals surface area contributed by atoms with Crippen molar-refractivity contribution in [2.24, 2.45) is 0 Å². The third-order valence-electron chi connectivity index (χ3n) is 4.41. The molecule has 27 heavy (non-hydrogen) atoms. The molecule has 0 saturated heterocycles. The molecule has 0 radical (unpaired) electrons. The van der Waals surface area contributed by atoms with Gasteiger partial charge in [-0.1, -0.05) is 35.9 Å². The van der Waals surface area contributed by atoms with Crippen LogP contribution in [-0.2, 0) is 6.54 Å². The first-order valence-corrected chi connectivity index (χ1v) is 8.85. The SMILES string of the molecule is Cc1nn(Cc2ccccc2F)c(C)c1NC(=O)Nc1cccc(Cl)c1C. The Kier molecular flexibility index (Phi) is 5.46. The van der Waals surface area contributed by atoms with E-state index in [1.54, 1.807) is 48.0 Å². The summed E-state index contributed by atoms with van der Waals surface area (Å²) in [6.07, 6.45) is 0. The normalized spacial score (nSPS) is 10.7. The third kappa shape index (κ3) is 4.11. The number of nitrogens with zero attached hydrogens (tertiary/aromatic N) is 2. The lowest BCUT2D eigenvalue weighted by Crippen LogP contribution is -2.21. The van der Waals surface area contributed by atoms with E-state index in [1.165, 1.54) is 6.07 Å². The Morgan fingerprint density at radius 3 is 2.59 bits per heavy atom. The summed E-state index contributed by atoms with van der Waals surface area (Å²) in [4.78, 5) is 12.4. The van der Waals surface area contributed by atoms with Gasteiger partial charge in [-0.15, -0.1) is 0 Å². The zero-order valence-electron chi connectivity index (χ0n) is 15.3. The van der Waals surface area contributed by atoms with Crippen LogP contribution in [0.4, 0.5) is 20.6 Å². The minimum Gasteiger partial charge on any atom is -0.307 e. The molecule has 2 amide bonds. The zero-order valence-corrected chi connectivity index (χ0v) is 16.1. The summed E-state index contributed by atoms with van der Waals surface area (Å²) in [5.41, 5.74) is 3.96. The first kappa shape index (κ1) is 18.9. The van der Waals surface area contributed by atoms with E-state index in [2.05, 4.69) is 15.7 Å². The van der Waals surface area contributed by atoms with E-state index in [9.17, 15) is 9.18 Å². The van der Waals surface area contributed by atoms with Crippen LogP contribution in [0, 0.1) is 26.6 Å². The summed E-state index contributed by atoms with van der Waals surface area (Å²) in [5.74, 6) is -0.284. The molecule has 0 fully saturated rings. The molecule has 0 bridgehead atoms. The number of hydrogen-bond acceptors (Lipinski definition) is 2. The maximum absolute atomic E-state index is 13.9. The molecule has 0 aliphatic carbocycles. The highest BCUT2D eigenvalue weighted by molar-refractivity contribution is 6.31. The molecule has 0 aliphatic rings. The van der Waals surface area contributed by atoms with Gasteiger partial charge >= 0.3 is 6.03 Å². The molecule has 3 rings (SSSR count). The smallest absolute Gasteiger partial charge is 0.307 e. The number of rotatable bonds is 4. The number of carbonyl (C=O) groups is 1. The fourth-order valence-corrected chi connectivity index (χ4v) is 3.00. The summed E-state index contributed by atoms with van der Waals surface area (Å²) in [7, 11) is 0. The van der Waals surface area contributed by atoms with Gasteiger partial charge in [-0.25, -0.2) is 9.18 Å². The van der Waals surface area contributed by atoms with Crippen molar-refractivity contribution < 1.29 is 9.18 Å². The van der Waals surface area contributed by atoms with Crippen LogP contribution in [0.3, 0.4) is 0 Å². The number of nitrogens with one attached hydrogen (secondary N) is 2. The van der Waals surface area contributed by atoms with Gasteiger partial charge in [0.1, 0.15) is 5.82 Å². The minimum absolute atomic E-state index is 0.284. The van der Waals surface area contributed by atoms with Crippen molar-refractivity contribution in [1.82, 2.24) is 9.78 Å². The summed E-state index contributed by atoms with van der Waals surface area (Å²) in [6, 6.07) is 11.5. The van der Waals surface area contributed by atoms with Gasteiger partial charge in [0.15, 0.2) is 0 Å². The Labute approximate surface area is 162 Å². The molecule has 0 spiro atoms. The van der Waals surface area contributed by atoms with Gasteiger partial charge in [-0.2, -0.15) is 5.10 Å². The molecule has 7 heteroatoms. The van der Waals surface area contributed by atoms with Gasteiger partial charge in [0.2, 0.25) is 0 Å². The van der Waals surface area contributed by atoms with Gasteiger partial charge in [-0.3, -0.25) is 4.68 Å². The van der Waals surface area contributed by atoms with E-state index in [0.717, 1.165) is 11.3 Å². The molecule has 2 N–H and O–H groups in total. The monoisotopic (exact) mass is 386 g/mol. The van der Waals surface area contributed by atoms with Crippen molar-refractivity contribution in [3.05, 3.63) is 75.8 Å². The third-order valence-corrected chi connectivity index (χ3v) is 4.82. The topological polar surface area (TPSA) is 59.0 Å².